The van der Waals surface area contributed by atoms with Crippen molar-refractivity contribution < 1.29 is 23.7 Å². The number of imidazole rings is 1. The molecule has 2 aromatic heterocycles. The lowest BCUT2D eigenvalue weighted by atomic mass is 10.1. The molecule has 0 unspecified atom stereocenters. The Kier molecular flexibility index (Phi) is 3.17. The van der Waals surface area contributed by atoms with Crippen molar-refractivity contribution in [2.45, 2.75) is 24.4 Å². The minimum absolute atomic E-state index is 0.0157. The Hall–Kier alpha value is -2.42. The van der Waals surface area contributed by atoms with Crippen molar-refractivity contribution in [2.24, 2.45) is 0 Å². The Morgan fingerprint density at radius 2 is 2.23 bits per heavy atom. The van der Waals surface area contributed by atoms with Gasteiger partial charge in [-0.3, -0.25) is 4.57 Å². The maximum Gasteiger partial charge on any atom is 0.320 e. The average Bonchev–Trinajstić information content (AvgIpc) is 2.98. The van der Waals surface area contributed by atoms with Gasteiger partial charge < -0.3 is 20.7 Å². The van der Waals surface area contributed by atoms with Crippen molar-refractivity contribution in [3.05, 3.63) is 12.0 Å². The van der Waals surface area contributed by atoms with Crippen molar-refractivity contribution in [2.75, 3.05) is 12.3 Å². The quantitative estimate of drug-likeness (QED) is 0.651. The molecule has 1 saturated heterocycles. The highest BCUT2D eigenvalue weighted by Gasteiger charge is 2.59. The van der Waals surface area contributed by atoms with E-state index in [4.69, 9.17) is 20.8 Å². The van der Waals surface area contributed by atoms with Gasteiger partial charge in [0.15, 0.2) is 17.4 Å². The third kappa shape index (κ3) is 1.89. The molecule has 11 heteroatoms. The third-order valence-electron chi connectivity index (χ3n) is 3.36. The van der Waals surface area contributed by atoms with Crippen LogP contribution >= 0.6 is 0 Å². The number of anilines is 1. The van der Waals surface area contributed by atoms with Crippen molar-refractivity contribution in [1.82, 2.24) is 19.5 Å². The van der Waals surface area contributed by atoms with Gasteiger partial charge >= 0.3 is 5.92 Å². The van der Waals surface area contributed by atoms with Gasteiger partial charge in [-0.2, -0.15) is 24.0 Å². The molecular formula is C11H10F2N6O3. The fourth-order valence-electron chi connectivity index (χ4n) is 2.30. The minimum Gasteiger partial charge on any atom is -0.394 e. The summed E-state index contributed by atoms with van der Waals surface area (Å²) in [5, 5.41) is 27.5. The molecule has 0 radical (unpaired) electrons. The molecule has 2 aromatic rings. The first kappa shape index (κ1) is 14.5. The molecule has 22 heavy (non-hydrogen) atoms. The van der Waals surface area contributed by atoms with Gasteiger partial charge in [-0.25, -0.2) is 4.98 Å². The zero-order valence-corrected chi connectivity index (χ0v) is 10.9. The smallest absolute Gasteiger partial charge is 0.320 e. The second-order valence-electron chi connectivity index (χ2n) is 4.70. The fourth-order valence-corrected chi connectivity index (χ4v) is 2.30. The van der Waals surface area contributed by atoms with Crippen LogP contribution in [0.2, 0.25) is 0 Å². The Balaban J connectivity index is 2.16. The van der Waals surface area contributed by atoms with Gasteiger partial charge in [-0.05, 0) is 0 Å². The summed E-state index contributed by atoms with van der Waals surface area (Å²) in [6, 6.07) is 1.74. The van der Waals surface area contributed by atoms with E-state index in [1.807, 2.05) is 0 Å². The highest BCUT2D eigenvalue weighted by molar-refractivity contribution is 5.77. The van der Waals surface area contributed by atoms with E-state index < -0.39 is 31.0 Å². The molecule has 3 atom stereocenters. The topological polar surface area (TPSA) is 143 Å². The molecule has 1 aliphatic heterocycles. The summed E-state index contributed by atoms with van der Waals surface area (Å²) in [5.74, 6) is -3.97. The molecule has 4 N–H and O–H groups in total. The molecule has 0 amide bonds. The average molecular weight is 312 g/mol. The number of alkyl halides is 2. The Labute approximate surface area is 121 Å². The summed E-state index contributed by atoms with van der Waals surface area (Å²) < 4.78 is 34.1. The van der Waals surface area contributed by atoms with Crippen LogP contribution in [0, 0.1) is 11.3 Å². The van der Waals surface area contributed by atoms with Crippen molar-refractivity contribution in [1.29, 1.82) is 5.26 Å². The molecular weight excluding hydrogens is 302 g/mol. The maximum atomic E-state index is 14.1. The summed E-state index contributed by atoms with van der Waals surface area (Å²) >= 11 is 0. The first-order valence-electron chi connectivity index (χ1n) is 6.12. The zero-order valence-electron chi connectivity index (χ0n) is 10.9. The zero-order chi connectivity index (χ0) is 16.1. The Bertz CT molecular complexity index is 773. The first-order chi connectivity index (χ1) is 10.4. The van der Waals surface area contributed by atoms with E-state index >= 15 is 0 Å². The molecule has 0 spiro atoms. The number of rotatable bonds is 2. The first-order valence-corrected chi connectivity index (χ1v) is 6.12. The predicted octanol–water partition coefficient (Wildman–Crippen LogP) is -0.834. The number of aliphatic hydroxyl groups is 2. The maximum absolute atomic E-state index is 14.1. The molecule has 1 fully saturated rings. The molecule has 0 bridgehead atoms. The van der Waals surface area contributed by atoms with Crippen LogP contribution in [0.25, 0.3) is 11.2 Å². The molecule has 0 aliphatic carbocycles. The van der Waals surface area contributed by atoms with E-state index in [0.717, 1.165) is 10.9 Å². The van der Waals surface area contributed by atoms with Crippen molar-refractivity contribution in [3.63, 3.8) is 0 Å². The van der Waals surface area contributed by atoms with E-state index in [2.05, 4.69) is 15.0 Å². The van der Waals surface area contributed by atoms with Crippen LogP contribution in [0.5, 0.6) is 0 Å². The number of nitrogen functional groups attached to an aromatic ring is 1. The van der Waals surface area contributed by atoms with Crippen LogP contribution in [0.4, 0.5) is 14.7 Å². The summed E-state index contributed by atoms with van der Waals surface area (Å²) in [5.41, 5.74) is 5.14. The van der Waals surface area contributed by atoms with Crippen LogP contribution < -0.4 is 5.73 Å². The number of nitriles is 1. The number of hydrogen-bond acceptors (Lipinski definition) is 8. The van der Waals surface area contributed by atoms with Gasteiger partial charge in [0.25, 0.3) is 0 Å². The van der Waals surface area contributed by atoms with Crippen LogP contribution in [0.1, 0.15) is 11.9 Å². The Morgan fingerprint density at radius 3 is 2.82 bits per heavy atom. The fraction of sp³-hybridized carbons (Fsp3) is 0.455. The lowest BCUT2D eigenvalue weighted by molar-refractivity contribution is -0.138. The number of nitrogens with zero attached hydrogens (tertiary/aromatic N) is 5. The normalized spacial score (nSPS) is 27.1. The van der Waals surface area contributed by atoms with Crippen LogP contribution in [-0.2, 0) is 4.74 Å². The number of nitrogens with two attached hydrogens (primary N) is 1. The highest BCUT2D eigenvalue weighted by Crippen LogP contribution is 2.43. The lowest BCUT2D eigenvalue weighted by Gasteiger charge is -2.20. The van der Waals surface area contributed by atoms with Gasteiger partial charge in [0.05, 0.1) is 12.9 Å². The number of aliphatic hydroxyl groups excluding tert-OH is 2. The van der Waals surface area contributed by atoms with Crippen molar-refractivity contribution in [3.8, 4) is 6.07 Å². The van der Waals surface area contributed by atoms with Gasteiger partial charge in [-0.1, -0.05) is 0 Å². The third-order valence-corrected chi connectivity index (χ3v) is 3.36. The monoisotopic (exact) mass is 312 g/mol. The highest BCUT2D eigenvalue weighted by atomic mass is 19.3. The van der Waals surface area contributed by atoms with E-state index in [-0.39, 0.29) is 22.8 Å². The lowest BCUT2D eigenvalue weighted by Crippen LogP contribution is -2.39. The second kappa shape index (κ2) is 4.80. The standard InChI is InChI=1S/C11H10F2N6O3/c12-11(13)7(21)5(2-20)22-9(11)19-3-16-6-4(1-14)17-10(15)18-8(6)19/h3,5,7,9,20-21H,2H2,(H2,15,17,18)/t5-,7-,9-/m1/s1. The number of ether oxygens (including phenoxy) is 1. The summed E-state index contributed by atoms with van der Waals surface area (Å²) in [6.07, 6.45) is -4.59. The number of aromatic nitrogens is 4. The Morgan fingerprint density at radius 1 is 1.50 bits per heavy atom. The van der Waals surface area contributed by atoms with Gasteiger partial charge in [0.2, 0.25) is 12.2 Å². The second-order valence-corrected chi connectivity index (χ2v) is 4.70. The summed E-state index contributed by atoms with van der Waals surface area (Å²) in [6.45, 7) is -0.777. The molecule has 0 saturated carbocycles. The molecule has 116 valence electrons. The SMILES string of the molecule is N#Cc1nc(N)nc2c1ncn2[C@@H]1O[C@H](CO)[C@@H](O)C1(F)F. The van der Waals surface area contributed by atoms with Crippen LogP contribution in [0.3, 0.4) is 0 Å². The van der Waals surface area contributed by atoms with E-state index in [1.165, 1.54) is 0 Å². The van der Waals surface area contributed by atoms with Gasteiger partial charge in [0, 0.05) is 0 Å². The largest absolute Gasteiger partial charge is 0.394 e. The molecule has 0 aromatic carbocycles. The van der Waals surface area contributed by atoms with E-state index in [9.17, 15) is 13.9 Å². The molecule has 3 rings (SSSR count). The summed E-state index contributed by atoms with van der Waals surface area (Å²) in [4.78, 5) is 11.3. The van der Waals surface area contributed by atoms with E-state index in [1.54, 1.807) is 6.07 Å². The van der Waals surface area contributed by atoms with E-state index in [0.29, 0.717) is 0 Å². The van der Waals surface area contributed by atoms with Crippen LogP contribution in [-0.4, -0.2) is 54.5 Å². The molecule has 3 heterocycles. The molecule has 9 nitrogen and oxygen atoms in total. The van der Waals surface area contributed by atoms with Gasteiger partial charge in [-0.15, -0.1) is 0 Å². The van der Waals surface area contributed by atoms with Crippen LogP contribution in [0.15, 0.2) is 6.33 Å². The molecule has 1 aliphatic rings. The predicted molar refractivity (Wildman–Crippen MR) is 66.4 cm³/mol. The number of halogens is 2. The summed E-state index contributed by atoms with van der Waals surface area (Å²) in [7, 11) is 0. The minimum atomic E-state index is -3.69. The number of hydrogen-bond donors (Lipinski definition) is 3. The van der Waals surface area contributed by atoms with Gasteiger partial charge in [0.1, 0.15) is 17.7 Å². The van der Waals surface area contributed by atoms with Crippen molar-refractivity contribution >= 4 is 17.1 Å². The number of fused-ring (bicyclic) bond motifs is 1.